The average Bonchev–Trinajstić information content (AvgIpc) is 3.35. The molecule has 4 nitrogen and oxygen atoms in total. The van der Waals surface area contributed by atoms with Crippen LogP contribution in [0.5, 0.6) is 0 Å². The third-order valence-corrected chi connectivity index (χ3v) is 4.50. The van der Waals surface area contributed by atoms with E-state index in [1.165, 1.54) is 25.7 Å². The third-order valence-electron chi connectivity index (χ3n) is 3.87. The maximum absolute atomic E-state index is 6.22. The molecule has 2 aromatic rings. The van der Waals surface area contributed by atoms with Gasteiger partial charge in [0.25, 0.3) is 0 Å². The van der Waals surface area contributed by atoms with Crippen molar-refractivity contribution in [1.82, 2.24) is 9.97 Å². The van der Waals surface area contributed by atoms with Crippen LogP contribution in [0.1, 0.15) is 37.3 Å². The molecule has 4 rings (SSSR count). The molecule has 22 heavy (non-hydrogen) atoms. The lowest BCUT2D eigenvalue weighted by Crippen LogP contribution is -2.08. The molecule has 0 atom stereocenters. The molecule has 1 aromatic heterocycles. The van der Waals surface area contributed by atoms with E-state index in [0.717, 1.165) is 11.5 Å². The Morgan fingerprint density at radius 3 is 2.36 bits per heavy atom. The Morgan fingerprint density at radius 2 is 1.73 bits per heavy atom. The highest BCUT2D eigenvalue weighted by molar-refractivity contribution is 6.39. The topological polar surface area (TPSA) is 49.8 Å². The van der Waals surface area contributed by atoms with Crippen LogP contribution in [-0.2, 0) is 0 Å². The van der Waals surface area contributed by atoms with Crippen molar-refractivity contribution in [2.45, 2.75) is 37.6 Å². The van der Waals surface area contributed by atoms with Gasteiger partial charge in [0.2, 0.25) is 5.95 Å². The van der Waals surface area contributed by atoms with E-state index in [9.17, 15) is 0 Å². The Morgan fingerprint density at radius 1 is 1.00 bits per heavy atom. The second-order valence-corrected chi connectivity index (χ2v) is 6.73. The summed E-state index contributed by atoms with van der Waals surface area (Å²) in [7, 11) is 0. The molecule has 0 aliphatic heterocycles. The van der Waals surface area contributed by atoms with E-state index in [-0.39, 0.29) is 0 Å². The van der Waals surface area contributed by atoms with E-state index in [4.69, 9.17) is 23.2 Å². The fraction of sp³-hybridized carbons (Fsp3) is 0.375. The van der Waals surface area contributed by atoms with Gasteiger partial charge in [-0.2, -0.15) is 4.98 Å². The van der Waals surface area contributed by atoms with Crippen LogP contribution in [0.15, 0.2) is 24.3 Å². The Hall–Kier alpha value is -1.52. The summed E-state index contributed by atoms with van der Waals surface area (Å²) in [5.74, 6) is 1.98. The first-order chi connectivity index (χ1) is 10.7. The first kappa shape index (κ1) is 14.1. The maximum atomic E-state index is 6.22. The van der Waals surface area contributed by atoms with Gasteiger partial charge in [0.15, 0.2) is 0 Å². The van der Waals surface area contributed by atoms with Crippen molar-refractivity contribution in [3.63, 3.8) is 0 Å². The van der Waals surface area contributed by atoms with Crippen molar-refractivity contribution in [2.75, 3.05) is 10.6 Å². The second-order valence-electron chi connectivity index (χ2n) is 5.92. The normalized spacial score (nSPS) is 17.4. The molecule has 2 aliphatic rings. The number of aromatic nitrogens is 2. The van der Waals surface area contributed by atoms with Crippen molar-refractivity contribution in [1.29, 1.82) is 0 Å². The van der Waals surface area contributed by atoms with E-state index in [1.54, 1.807) is 0 Å². The quantitative estimate of drug-likeness (QED) is 0.809. The summed E-state index contributed by atoms with van der Waals surface area (Å²) < 4.78 is 0. The summed E-state index contributed by atoms with van der Waals surface area (Å²) in [4.78, 5) is 9.18. The summed E-state index contributed by atoms with van der Waals surface area (Å²) in [5, 5.41) is 7.77. The summed E-state index contributed by atoms with van der Waals surface area (Å²) >= 11 is 12.4. The number of hydrogen-bond acceptors (Lipinski definition) is 4. The Balaban J connectivity index is 1.66. The van der Waals surface area contributed by atoms with Crippen LogP contribution in [0.25, 0.3) is 0 Å². The first-order valence-corrected chi connectivity index (χ1v) is 8.31. The number of halogens is 2. The van der Waals surface area contributed by atoms with Gasteiger partial charge in [-0.1, -0.05) is 29.3 Å². The second kappa shape index (κ2) is 5.60. The molecule has 2 saturated carbocycles. The summed E-state index contributed by atoms with van der Waals surface area (Å²) in [5.41, 5.74) is 1.77. The van der Waals surface area contributed by atoms with Gasteiger partial charge in [-0.25, -0.2) is 4.98 Å². The summed E-state index contributed by atoms with van der Waals surface area (Å²) in [6, 6.07) is 7.96. The maximum Gasteiger partial charge on any atom is 0.225 e. The predicted octanol–water partition coefficient (Wildman–Crippen LogP) is 4.98. The number of nitrogens with one attached hydrogen (secondary N) is 2. The monoisotopic (exact) mass is 334 g/mol. The van der Waals surface area contributed by atoms with E-state index >= 15 is 0 Å². The number of nitrogens with zero attached hydrogens (tertiary/aromatic N) is 2. The molecule has 1 aromatic carbocycles. The zero-order chi connectivity index (χ0) is 15.1. The number of para-hydroxylation sites is 1. The number of benzene rings is 1. The van der Waals surface area contributed by atoms with Crippen molar-refractivity contribution in [2.24, 2.45) is 0 Å². The summed E-state index contributed by atoms with van der Waals surface area (Å²) in [6.45, 7) is 0. The van der Waals surface area contributed by atoms with Crippen LogP contribution in [0.2, 0.25) is 10.0 Å². The van der Waals surface area contributed by atoms with Crippen molar-refractivity contribution in [3.8, 4) is 0 Å². The number of hydrogen-bond donors (Lipinski definition) is 2. The van der Waals surface area contributed by atoms with Gasteiger partial charge in [-0.15, -0.1) is 0 Å². The Labute approximate surface area is 139 Å². The molecule has 0 spiro atoms. The number of anilines is 3. The average molecular weight is 335 g/mol. The lowest BCUT2D eigenvalue weighted by molar-refractivity contribution is 0.968. The highest BCUT2D eigenvalue weighted by atomic mass is 35.5. The smallest absolute Gasteiger partial charge is 0.225 e. The highest BCUT2D eigenvalue weighted by Gasteiger charge is 2.28. The molecular formula is C16H16Cl2N4. The van der Waals surface area contributed by atoms with E-state index in [1.807, 2.05) is 24.3 Å². The van der Waals surface area contributed by atoms with Crippen molar-refractivity contribution >= 4 is 40.7 Å². The van der Waals surface area contributed by atoms with Gasteiger partial charge in [-0.3, -0.25) is 0 Å². The van der Waals surface area contributed by atoms with Crippen molar-refractivity contribution in [3.05, 3.63) is 40.0 Å². The molecule has 1 heterocycles. The molecule has 0 bridgehead atoms. The minimum Gasteiger partial charge on any atom is -0.351 e. The SMILES string of the molecule is Clc1cccc(Cl)c1Nc1cc(C2CC2)nc(NC2CC2)n1. The minimum absolute atomic E-state index is 0.520. The van der Waals surface area contributed by atoms with Gasteiger partial charge in [0, 0.05) is 18.0 Å². The molecule has 2 aliphatic carbocycles. The van der Waals surface area contributed by atoms with E-state index < -0.39 is 0 Å². The van der Waals surface area contributed by atoms with Gasteiger partial charge >= 0.3 is 0 Å². The van der Waals surface area contributed by atoms with Crippen LogP contribution in [0.4, 0.5) is 17.5 Å². The molecule has 2 N–H and O–H groups in total. The third kappa shape index (κ3) is 3.13. The summed E-state index contributed by atoms with van der Waals surface area (Å²) in [6.07, 6.45) is 4.78. The van der Waals surface area contributed by atoms with Gasteiger partial charge < -0.3 is 10.6 Å². The Kier molecular flexibility index (Phi) is 3.59. The highest BCUT2D eigenvalue weighted by Crippen LogP contribution is 2.41. The van der Waals surface area contributed by atoms with E-state index in [2.05, 4.69) is 20.6 Å². The molecule has 6 heteroatoms. The Bertz CT molecular complexity index is 691. The van der Waals surface area contributed by atoms with Gasteiger partial charge in [0.1, 0.15) is 5.82 Å². The largest absolute Gasteiger partial charge is 0.351 e. The predicted molar refractivity (Wildman–Crippen MR) is 90.4 cm³/mol. The zero-order valence-corrected chi connectivity index (χ0v) is 13.5. The minimum atomic E-state index is 0.520. The zero-order valence-electron chi connectivity index (χ0n) is 11.9. The lowest BCUT2D eigenvalue weighted by Gasteiger charge is -2.12. The number of rotatable bonds is 5. The van der Waals surface area contributed by atoms with Crippen LogP contribution in [0.3, 0.4) is 0 Å². The molecule has 114 valence electrons. The van der Waals surface area contributed by atoms with Crippen LogP contribution in [0, 0.1) is 0 Å². The molecule has 0 saturated heterocycles. The standard InChI is InChI=1S/C16H16Cl2N4/c17-11-2-1-3-12(18)15(11)21-14-8-13(9-4-5-9)20-16(22-14)19-10-6-7-10/h1-3,8-10H,4-7H2,(H2,19,20,21,22). The van der Waals surface area contributed by atoms with Gasteiger partial charge in [-0.05, 0) is 37.8 Å². The van der Waals surface area contributed by atoms with Gasteiger partial charge in [0.05, 0.1) is 21.4 Å². The fourth-order valence-corrected chi connectivity index (χ4v) is 2.83. The molecule has 2 fully saturated rings. The molecule has 0 unspecified atom stereocenters. The van der Waals surface area contributed by atoms with Crippen molar-refractivity contribution < 1.29 is 0 Å². The van der Waals surface area contributed by atoms with Crippen LogP contribution in [-0.4, -0.2) is 16.0 Å². The fourth-order valence-electron chi connectivity index (χ4n) is 2.34. The van der Waals surface area contributed by atoms with Crippen LogP contribution >= 0.6 is 23.2 Å². The molecular weight excluding hydrogens is 319 g/mol. The van der Waals surface area contributed by atoms with E-state index in [0.29, 0.717) is 33.6 Å². The first-order valence-electron chi connectivity index (χ1n) is 7.55. The lowest BCUT2D eigenvalue weighted by atomic mass is 10.2. The molecule has 0 radical (unpaired) electrons. The van der Waals surface area contributed by atoms with Crippen LogP contribution < -0.4 is 10.6 Å². The molecule has 0 amide bonds.